The number of nitrogens with zero attached hydrogens (tertiary/aromatic N) is 3. The number of hydrogen-bond donors (Lipinski definition) is 0. The molecule has 0 saturated carbocycles. The maximum absolute atomic E-state index is 6.03. The molecule has 2 heterocycles. The molecule has 0 fully saturated rings. The van der Waals surface area contributed by atoms with Crippen LogP contribution in [0.25, 0.3) is 11.7 Å². The first-order valence-corrected chi connectivity index (χ1v) is 7.93. The van der Waals surface area contributed by atoms with Gasteiger partial charge in [-0.15, -0.1) is 5.10 Å². The summed E-state index contributed by atoms with van der Waals surface area (Å²) in [6.45, 7) is 1.14. The summed E-state index contributed by atoms with van der Waals surface area (Å²) in [6, 6.07) is 9.09. The lowest BCUT2D eigenvalue weighted by Crippen LogP contribution is -2.22. The second-order valence-electron chi connectivity index (χ2n) is 5.05. The van der Waals surface area contributed by atoms with E-state index in [2.05, 4.69) is 5.10 Å². The third-order valence-electron chi connectivity index (χ3n) is 3.15. The first-order chi connectivity index (χ1) is 11.0. The molecule has 0 N–H and O–H groups in total. The number of furan rings is 1. The quantitative estimate of drug-likeness (QED) is 0.600. The molecule has 1 aromatic carbocycles. The highest BCUT2D eigenvalue weighted by atomic mass is 35.5. The summed E-state index contributed by atoms with van der Waals surface area (Å²) in [4.78, 5) is 2.32. The molecule has 0 amide bonds. The van der Waals surface area contributed by atoms with Gasteiger partial charge in [0.2, 0.25) is 0 Å². The van der Waals surface area contributed by atoms with Gasteiger partial charge in [-0.05, 0) is 49.1 Å². The van der Waals surface area contributed by atoms with Crippen LogP contribution >= 0.6 is 35.4 Å². The Morgan fingerprint density at radius 2 is 2.09 bits per heavy atom. The third kappa shape index (κ3) is 3.84. The highest BCUT2D eigenvalue weighted by Crippen LogP contribution is 2.23. The molecule has 8 heteroatoms. The standard InChI is InChI=1S/C15H13Cl2N3O2S/c1-19(8-10-4-5-11(16)12(17)7-10)9-20-15(23)22-14(18-20)13-3-2-6-21-13/h2-7H,8-9H2,1H3. The molecule has 0 aliphatic rings. The fourth-order valence-corrected chi connectivity index (χ4v) is 2.62. The van der Waals surface area contributed by atoms with Crippen molar-refractivity contribution in [2.24, 2.45) is 0 Å². The topological polar surface area (TPSA) is 47.3 Å². The van der Waals surface area contributed by atoms with Crippen molar-refractivity contribution in [3.05, 3.63) is 57.0 Å². The predicted molar refractivity (Wildman–Crippen MR) is 91.0 cm³/mol. The van der Waals surface area contributed by atoms with Crippen LogP contribution in [-0.2, 0) is 13.2 Å². The minimum Gasteiger partial charge on any atom is -0.459 e. The van der Waals surface area contributed by atoms with Crippen LogP contribution in [0.2, 0.25) is 10.0 Å². The fraction of sp³-hybridized carbons (Fsp3) is 0.200. The normalized spacial score (nSPS) is 11.3. The van der Waals surface area contributed by atoms with Gasteiger partial charge in [0.25, 0.3) is 10.7 Å². The summed E-state index contributed by atoms with van der Waals surface area (Å²) in [6.07, 6.45) is 1.56. The van der Waals surface area contributed by atoms with Crippen molar-refractivity contribution in [2.75, 3.05) is 7.05 Å². The van der Waals surface area contributed by atoms with Crippen molar-refractivity contribution in [3.63, 3.8) is 0 Å². The van der Waals surface area contributed by atoms with Crippen LogP contribution in [0, 0.1) is 4.84 Å². The molecular weight excluding hydrogens is 357 g/mol. The summed E-state index contributed by atoms with van der Waals surface area (Å²) in [7, 11) is 1.95. The Morgan fingerprint density at radius 1 is 1.26 bits per heavy atom. The third-order valence-corrected chi connectivity index (χ3v) is 4.18. The summed E-state index contributed by atoms with van der Waals surface area (Å²) in [5.74, 6) is 0.907. The number of benzene rings is 1. The smallest absolute Gasteiger partial charge is 0.288 e. The van der Waals surface area contributed by atoms with Crippen molar-refractivity contribution < 1.29 is 8.83 Å². The summed E-state index contributed by atoms with van der Waals surface area (Å²) in [5, 5.41) is 5.41. The van der Waals surface area contributed by atoms with E-state index in [4.69, 9.17) is 44.3 Å². The lowest BCUT2D eigenvalue weighted by atomic mass is 10.2. The van der Waals surface area contributed by atoms with E-state index in [9.17, 15) is 0 Å². The Bertz CT molecular complexity index is 858. The van der Waals surface area contributed by atoms with Gasteiger partial charge < -0.3 is 8.83 Å². The van der Waals surface area contributed by atoms with Gasteiger partial charge in [-0.2, -0.15) is 0 Å². The van der Waals surface area contributed by atoms with Crippen LogP contribution in [-0.4, -0.2) is 21.7 Å². The predicted octanol–water partition coefficient (Wildman–Crippen LogP) is 4.86. The summed E-state index contributed by atoms with van der Waals surface area (Å²) >= 11 is 17.2. The van der Waals surface area contributed by atoms with Crippen LogP contribution in [0.15, 0.2) is 45.4 Å². The zero-order chi connectivity index (χ0) is 16.4. The van der Waals surface area contributed by atoms with Crippen LogP contribution in [0.1, 0.15) is 5.56 Å². The Labute approximate surface area is 148 Å². The number of aromatic nitrogens is 2. The monoisotopic (exact) mass is 369 g/mol. The van der Waals surface area contributed by atoms with Crippen molar-refractivity contribution in [1.82, 2.24) is 14.7 Å². The zero-order valence-electron chi connectivity index (χ0n) is 12.2. The van der Waals surface area contributed by atoms with Gasteiger partial charge in [0.05, 0.1) is 23.0 Å². The van der Waals surface area contributed by atoms with Gasteiger partial charge in [-0.1, -0.05) is 29.3 Å². The second-order valence-corrected chi connectivity index (χ2v) is 6.22. The van der Waals surface area contributed by atoms with Crippen LogP contribution in [0.4, 0.5) is 0 Å². The van der Waals surface area contributed by atoms with E-state index in [0.717, 1.165) is 5.56 Å². The number of halogens is 2. The Hall–Kier alpha value is -1.60. The van der Waals surface area contributed by atoms with Crippen molar-refractivity contribution >= 4 is 35.4 Å². The lowest BCUT2D eigenvalue weighted by molar-refractivity contribution is 0.240. The first-order valence-electron chi connectivity index (χ1n) is 6.77. The van der Waals surface area contributed by atoms with Gasteiger partial charge in [0.15, 0.2) is 5.76 Å². The maximum atomic E-state index is 6.03. The first kappa shape index (κ1) is 16.3. The Kier molecular flexibility index (Phi) is 4.87. The Balaban J connectivity index is 1.71. The largest absolute Gasteiger partial charge is 0.459 e. The minimum atomic E-state index is 0.289. The zero-order valence-corrected chi connectivity index (χ0v) is 14.5. The van der Waals surface area contributed by atoms with Gasteiger partial charge >= 0.3 is 0 Å². The average molecular weight is 370 g/mol. The second kappa shape index (κ2) is 6.88. The molecule has 120 valence electrons. The number of rotatable bonds is 5. The van der Waals surface area contributed by atoms with Crippen LogP contribution in [0.3, 0.4) is 0 Å². The highest BCUT2D eigenvalue weighted by molar-refractivity contribution is 7.71. The van der Waals surface area contributed by atoms with E-state index in [1.54, 1.807) is 29.1 Å². The van der Waals surface area contributed by atoms with E-state index < -0.39 is 0 Å². The van der Waals surface area contributed by atoms with Crippen LogP contribution < -0.4 is 0 Å². The fourth-order valence-electron chi connectivity index (χ4n) is 2.12. The molecule has 3 aromatic rings. The molecule has 0 unspecified atom stereocenters. The molecule has 0 aliphatic heterocycles. The SMILES string of the molecule is CN(Cc1ccc(Cl)c(Cl)c1)Cn1nc(-c2ccco2)oc1=S. The molecule has 0 atom stereocenters. The molecule has 23 heavy (non-hydrogen) atoms. The van der Waals surface area contributed by atoms with E-state index in [0.29, 0.717) is 34.9 Å². The molecule has 0 saturated heterocycles. The van der Waals surface area contributed by atoms with E-state index in [1.165, 1.54) is 0 Å². The molecule has 2 aromatic heterocycles. The van der Waals surface area contributed by atoms with Gasteiger partial charge in [0, 0.05) is 6.54 Å². The highest BCUT2D eigenvalue weighted by Gasteiger charge is 2.12. The summed E-state index contributed by atoms with van der Waals surface area (Å²) in [5.41, 5.74) is 1.04. The maximum Gasteiger partial charge on any atom is 0.288 e. The van der Waals surface area contributed by atoms with E-state index in [1.807, 2.05) is 24.1 Å². The molecule has 0 spiro atoms. The Morgan fingerprint density at radius 3 is 2.78 bits per heavy atom. The van der Waals surface area contributed by atoms with Crippen molar-refractivity contribution in [1.29, 1.82) is 0 Å². The van der Waals surface area contributed by atoms with Crippen LogP contribution in [0.5, 0.6) is 0 Å². The van der Waals surface area contributed by atoms with Crippen molar-refractivity contribution in [2.45, 2.75) is 13.2 Å². The molecule has 3 rings (SSSR count). The molecular formula is C15H13Cl2N3O2S. The van der Waals surface area contributed by atoms with Gasteiger partial charge in [-0.25, -0.2) is 4.68 Å². The van der Waals surface area contributed by atoms with Gasteiger partial charge in [0.1, 0.15) is 0 Å². The average Bonchev–Trinajstić information content (AvgIpc) is 3.13. The van der Waals surface area contributed by atoms with Crippen molar-refractivity contribution in [3.8, 4) is 11.7 Å². The summed E-state index contributed by atoms with van der Waals surface area (Å²) < 4.78 is 12.3. The lowest BCUT2D eigenvalue weighted by Gasteiger charge is -2.16. The molecule has 0 bridgehead atoms. The van der Waals surface area contributed by atoms with E-state index in [-0.39, 0.29) is 4.84 Å². The number of hydrogen-bond acceptors (Lipinski definition) is 5. The van der Waals surface area contributed by atoms with Gasteiger partial charge in [-0.3, -0.25) is 4.90 Å². The molecule has 0 aliphatic carbocycles. The molecule has 5 nitrogen and oxygen atoms in total. The minimum absolute atomic E-state index is 0.289. The molecule has 0 radical (unpaired) electrons. The van der Waals surface area contributed by atoms with E-state index >= 15 is 0 Å².